The monoisotopic (exact) mass is 561 g/mol. The summed E-state index contributed by atoms with van der Waals surface area (Å²) in [6, 6.07) is 9.45. The summed E-state index contributed by atoms with van der Waals surface area (Å²) in [5, 5.41) is 28.3. The molecule has 0 saturated carbocycles. The van der Waals surface area contributed by atoms with Gasteiger partial charge in [-0.3, -0.25) is 4.79 Å². The molecule has 1 aromatic carbocycles. The summed E-state index contributed by atoms with van der Waals surface area (Å²) in [7, 11) is 3.84. The number of halogens is 6. The van der Waals surface area contributed by atoms with Crippen LogP contribution < -0.4 is 10.2 Å². The van der Waals surface area contributed by atoms with Crippen molar-refractivity contribution in [2.45, 2.75) is 37.7 Å². The second kappa shape index (κ2) is 12.7. The molecule has 0 unspecified atom stereocenters. The SMILES string of the molecule is CN(C)[C@H]1CCN(c2cc(C(F)(F)F)c(C#N)c(Nc3cccc(CCC(=O)O)c3)n2)C1.O=C(O)C(F)(F)F. The fourth-order valence-electron chi connectivity index (χ4n) is 3.68. The van der Waals surface area contributed by atoms with E-state index < -0.39 is 35.4 Å². The number of pyridine rings is 1. The van der Waals surface area contributed by atoms with Crippen molar-refractivity contribution in [3.05, 3.63) is 47.0 Å². The molecule has 15 heteroatoms. The molecule has 0 bridgehead atoms. The van der Waals surface area contributed by atoms with E-state index in [-0.39, 0.29) is 30.5 Å². The molecule has 1 aromatic heterocycles. The first kappa shape index (κ1) is 31.2. The van der Waals surface area contributed by atoms with Gasteiger partial charge < -0.3 is 25.3 Å². The minimum absolute atomic E-state index is 0.0686. The van der Waals surface area contributed by atoms with Crippen LogP contribution in [0.3, 0.4) is 0 Å². The van der Waals surface area contributed by atoms with Crippen LogP contribution in [0.4, 0.5) is 43.7 Å². The van der Waals surface area contributed by atoms with Gasteiger partial charge in [0.2, 0.25) is 0 Å². The Balaban J connectivity index is 0.000000673. The third kappa shape index (κ3) is 9.02. The Labute approximate surface area is 219 Å². The Morgan fingerprint density at radius 2 is 1.82 bits per heavy atom. The fourth-order valence-corrected chi connectivity index (χ4v) is 3.68. The van der Waals surface area contributed by atoms with E-state index in [1.54, 1.807) is 35.2 Å². The lowest BCUT2D eigenvalue weighted by Crippen LogP contribution is -2.32. The standard InChI is InChI=1S/C22H24F3N5O2.C2HF3O2/c1-29(2)16-8-9-30(13-16)19-11-18(22(23,24)25)17(12-26)21(28-19)27-15-5-3-4-14(10-15)6-7-20(31)32;3-2(4,5)1(6)7/h3-5,10-11,16H,6-9,13H2,1-2H3,(H,27,28)(H,31,32);(H,6,7)/t16-;/m0./s1. The van der Waals surface area contributed by atoms with E-state index in [0.717, 1.165) is 12.5 Å². The number of anilines is 3. The van der Waals surface area contributed by atoms with Crippen molar-refractivity contribution >= 4 is 29.3 Å². The maximum absolute atomic E-state index is 13.8. The van der Waals surface area contributed by atoms with Crippen LogP contribution in [0.25, 0.3) is 0 Å². The molecule has 1 fully saturated rings. The minimum atomic E-state index is -5.08. The molecule has 3 rings (SSSR count). The minimum Gasteiger partial charge on any atom is -0.481 e. The first-order valence-electron chi connectivity index (χ1n) is 11.3. The lowest BCUT2D eigenvalue weighted by atomic mass is 10.1. The Morgan fingerprint density at radius 1 is 1.18 bits per heavy atom. The van der Waals surface area contributed by atoms with Crippen molar-refractivity contribution in [2.24, 2.45) is 0 Å². The van der Waals surface area contributed by atoms with Gasteiger partial charge in [0.25, 0.3) is 0 Å². The molecule has 2 aromatic rings. The molecule has 1 aliphatic rings. The zero-order valence-electron chi connectivity index (χ0n) is 20.8. The lowest BCUT2D eigenvalue weighted by Gasteiger charge is -2.23. The lowest BCUT2D eigenvalue weighted by molar-refractivity contribution is -0.192. The zero-order valence-corrected chi connectivity index (χ0v) is 20.8. The predicted octanol–water partition coefficient (Wildman–Crippen LogP) is 4.51. The van der Waals surface area contributed by atoms with Crippen molar-refractivity contribution in [2.75, 3.05) is 37.4 Å². The number of hydrogen-bond acceptors (Lipinski definition) is 7. The molecule has 1 aliphatic heterocycles. The first-order valence-corrected chi connectivity index (χ1v) is 11.3. The molecular weight excluding hydrogens is 536 g/mol. The summed E-state index contributed by atoms with van der Waals surface area (Å²) >= 11 is 0. The van der Waals surface area contributed by atoms with Crippen LogP contribution in [0, 0.1) is 11.3 Å². The van der Waals surface area contributed by atoms with E-state index in [9.17, 15) is 36.4 Å². The van der Waals surface area contributed by atoms with Crippen LogP contribution in [0.15, 0.2) is 30.3 Å². The normalized spacial score (nSPS) is 15.4. The van der Waals surface area contributed by atoms with Crippen molar-refractivity contribution in [1.29, 1.82) is 5.26 Å². The van der Waals surface area contributed by atoms with Gasteiger partial charge in [0, 0.05) is 31.2 Å². The molecule has 1 atom stereocenters. The third-order valence-electron chi connectivity index (χ3n) is 5.70. The average Bonchev–Trinajstić information content (AvgIpc) is 3.32. The number of rotatable bonds is 7. The molecule has 0 radical (unpaired) electrons. The van der Waals surface area contributed by atoms with Crippen LogP contribution >= 0.6 is 0 Å². The van der Waals surface area contributed by atoms with Gasteiger partial charge in [-0.1, -0.05) is 12.1 Å². The molecular formula is C24H25F6N5O4. The van der Waals surface area contributed by atoms with Crippen molar-refractivity contribution in [1.82, 2.24) is 9.88 Å². The van der Waals surface area contributed by atoms with Gasteiger partial charge in [0.15, 0.2) is 5.82 Å². The van der Waals surface area contributed by atoms with Gasteiger partial charge >= 0.3 is 24.3 Å². The highest BCUT2D eigenvalue weighted by Crippen LogP contribution is 2.38. The molecule has 9 nitrogen and oxygen atoms in total. The zero-order chi connectivity index (χ0) is 29.5. The number of aromatic nitrogens is 1. The number of carbonyl (C=O) groups is 2. The Hall–Kier alpha value is -4.06. The summed E-state index contributed by atoms with van der Waals surface area (Å²) in [5.41, 5.74) is -0.491. The van der Waals surface area contributed by atoms with Crippen LogP contribution in [-0.4, -0.2) is 71.4 Å². The summed E-state index contributed by atoms with van der Waals surface area (Å²) in [6.45, 7) is 1.09. The highest BCUT2D eigenvalue weighted by molar-refractivity contribution is 5.73. The number of nitriles is 1. The Bertz CT molecular complexity index is 1230. The first-order chi connectivity index (χ1) is 18.0. The van der Waals surface area contributed by atoms with Gasteiger partial charge in [-0.05, 0) is 50.7 Å². The van der Waals surface area contributed by atoms with E-state index in [0.29, 0.717) is 24.3 Å². The second-order valence-corrected chi connectivity index (χ2v) is 8.74. The van der Waals surface area contributed by atoms with Gasteiger partial charge in [0.1, 0.15) is 17.5 Å². The fraction of sp³-hybridized carbons (Fsp3) is 0.417. The maximum Gasteiger partial charge on any atom is 0.490 e. The third-order valence-corrected chi connectivity index (χ3v) is 5.70. The number of likely N-dealkylation sites (N-methyl/N-ethyl adjacent to an activating group) is 1. The van der Waals surface area contributed by atoms with Crippen LogP contribution in [0.2, 0.25) is 0 Å². The summed E-state index contributed by atoms with van der Waals surface area (Å²) in [5.74, 6) is -3.72. The van der Waals surface area contributed by atoms with Gasteiger partial charge in [-0.25, -0.2) is 9.78 Å². The van der Waals surface area contributed by atoms with Crippen LogP contribution in [0.5, 0.6) is 0 Å². The number of nitrogens with zero attached hydrogens (tertiary/aromatic N) is 4. The van der Waals surface area contributed by atoms with E-state index >= 15 is 0 Å². The Morgan fingerprint density at radius 3 is 2.31 bits per heavy atom. The van der Waals surface area contributed by atoms with E-state index in [4.69, 9.17) is 15.0 Å². The number of aliphatic carboxylic acids is 2. The number of nitrogens with one attached hydrogen (secondary N) is 1. The number of carboxylic acids is 2. The molecule has 212 valence electrons. The van der Waals surface area contributed by atoms with Crippen molar-refractivity contribution < 1.29 is 46.1 Å². The van der Waals surface area contributed by atoms with Crippen LogP contribution in [0.1, 0.15) is 29.5 Å². The highest BCUT2D eigenvalue weighted by Gasteiger charge is 2.38. The molecule has 2 heterocycles. The predicted molar refractivity (Wildman–Crippen MR) is 128 cm³/mol. The van der Waals surface area contributed by atoms with Crippen molar-refractivity contribution in [3.63, 3.8) is 0 Å². The Kier molecular flexibility index (Phi) is 10.1. The van der Waals surface area contributed by atoms with E-state index in [1.165, 1.54) is 0 Å². The topological polar surface area (TPSA) is 130 Å². The van der Waals surface area contributed by atoms with Crippen LogP contribution in [-0.2, 0) is 22.2 Å². The number of aryl methyl sites for hydroxylation is 1. The average molecular weight is 561 g/mol. The maximum atomic E-state index is 13.8. The van der Waals surface area contributed by atoms with Gasteiger partial charge in [-0.2, -0.15) is 31.6 Å². The van der Waals surface area contributed by atoms with Gasteiger partial charge in [-0.15, -0.1) is 0 Å². The highest BCUT2D eigenvalue weighted by atomic mass is 19.4. The number of alkyl halides is 6. The second-order valence-electron chi connectivity index (χ2n) is 8.74. The quantitative estimate of drug-likeness (QED) is 0.418. The summed E-state index contributed by atoms with van der Waals surface area (Å²) < 4.78 is 73.1. The molecule has 39 heavy (non-hydrogen) atoms. The largest absolute Gasteiger partial charge is 0.490 e. The molecule has 3 N–H and O–H groups in total. The van der Waals surface area contributed by atoms with E-state index in [2.05, 4.69) is 10.3 Å². The summed E-state index contributed by atoms with van der Waals surface area (Å²) in [6.07, 6.45) is -8.80. The van der Waals surface area contributed by atoms with Crippen molar-refractivity contribution in [3.8, 4) is 6.07 Å². The molecule has 1 saturated heterocycles. The molecule has 0 aliphatic carbocycles. The van der Waals surface area contributed by atoms with Gasteiger partial charge in [0.05, 0.1) is 5.56 Å². The summed E-state index contributed by atoms with van der Waals surface area (Å²) in [4.78, 5) is 27.9. The number of benzene rings is 1. The number of hydrogen-bond donors (Lipinski definition) is 3. The van der Waals surface area contributed by atoms with E-state index in [1.807, 2.05) is 19.0 Å². The molecule has 0 amide bonds. The smallest absolute Gasteiger partial charge is 0.481 e. The molecule has 0 spiro atoms. The number of carboxylic acid groups (broad SMARTS) is 2.